The maximum atomic E-state index is 5.94. The zero-order valence-corrected chi connectivity index (χ0v) is 16.3. The van der Waals surface area contributed by atoms with Crippen LogP contribution in [0.15, 0.2) is 17.1 Å². The molecule has 1 saturated heterocycles. The number of hydrogen-bond acceptors (Lipinski definition) is 4. The molecule has 2 N–H and O–H groups in total. The molecule has 0 spiro atoms. The van der Waals surface area contributed by atoms with Gasteiger partial charge in [0.05, 0.1) is 13.2 Å². The molecule has 0 aliphatic carbocycles. The number of pyridine rings is 1. The van der Waals surface area contributed by atoms with Crippen LogP contribution in [0.4, 0.5) is 0 Å². The van der Waals surface area contributed by atoms with Crippen LogP contribution in [0.3, 0.4) is 0 Å². The van der Waals surface area contributed by atoms with Crippen molar-refractivity contribution in [2.45, 2.75) is 46.8 Å². The molecule has 0 amide bonds. The summed E-state index contributed by atoms with van der Waals surface area (Å²) in [6.07, 6.45) is 1.36. The number of aromatic nitrogens is 1. The molecule has 2 unspecified atom stereocenters. The van der Waals surface area contributed by atoms with Gasteiger partial charge in [-0.25, -0.2) is 4.98 Å². The van der Waals surface area contributed by atoms with Gasteiger partial charge in [0.15, 0.2) is 5.96 Å². The van der Waals surface area contributed by atoms with Gasteiger partial charge in [-0.05, 0) is 24.8 Å². The first kappa shape index (κ1) is 19.5. The first-order chi connectivity index (χ1) is 11.8. The van der Waals surface area contributed by atoms with Gasteiger partial charge in [0.25, 0.3) is 0 Å². The highest BCUT2D eigenvalue weighted by Gasteiger charge is 2.37. The standard InChI is InChI=1S/C19H32N4O2/c1-13-7-8-15(17(23-13)24-6)12-22-18(20-5)21-11-14-9-10-25-16(14)19(2,3)4/h7-8,14,16H,9-12H2,1-6H3,(H2,20,21,22). The maximum absolute atomic E-state index is 5.94. The molecule has 2 heterocycles. The van der Waals surface area contributed by atoms with Crippen LogP contribution in [0.5, 0.6) is 5.88 Å². The molecule has 0 radical (unpaired) electrons. The molecule has 1 aliphatic rings. The monoisotopic (exact) mass is 348 g/mol. The van der Waals surface area contributed by atoms with Crippen molar-refractivity contribution >= 4 is 5.96 Å². The van der Waals surface area contributed by atoms with Crippen LogP contribution in [0.2, 0.25) is 0 Å². The Kier molecular flexibility index (Phi) is 6.64. The average Bonchev–Trinajstić information content (AvgIpc) is 3.04. The number of nitrogens with one attached hydrogen (secondary N) is 2. The Morgan fingerprint density at radius 1 is 1.36 bits per heavy atom. The van der Waals surface area contributed by atoms with Gasteiger partial charge in [0, 0.05) is 43.9 Å². The molecule has 1 aliphatic heterocycles. The minimum absolute atomic E-state index is 0.154. The minimum Gasteiger partial charge on any atom is -0.481 e. The SMILES string of the molecule is CN=C(NCc1ccc(C)nc1OC)NCC1CCOC1C(C)(C)C. The van der Waals surface area contributed by atoms with Crippen molar-refractivity contribution in [3.05, 3.63) is 23.4 Å². The van der Waals surface area contributed by atoms with E-state index in [1.165, 1.54) is 0 Å². The van der Waals surface area contributed by atoms with Crippen LogP contribution >= 0.6 is 0 Å². The summed E-state index contributed by atoms with van der Waals surface area (Å²) in [4.78, 5) is 8.72. The van der Waals surface area contributed by atoms with E-state index in [0.29, 0.717) is 18.3 Å². The van der Waals surface area contributed by atoms with Crippen molar-refractivity contribution in [1.29, 1.82) is 0 Å². The lowest BCUT2D eigenvalue weighted by Crippen LogP contribution is -2.43. The highest BCUT2D eigenvalue weighted by atomic mass is 16.5. The van der Waals surface area contributed by atoms with Crippen LogP contribution in [0.1, 0.15) is 38.4 Å². The fourth-order valence-electron chi connectivity index (χ4n) is 3.30. The maximum Gasteiger partial charge on any atom is 0.218 e. The molecule has 0 aromatic carbocycles. The molecule has 1 aromatic rings. The van der Waals surface area contributed by atoms with Gasteiger partial charge < -0.3 is 20.1 Å². The molecule has 25 heavy (non-hydrogen) atoms. The van der Waals surface area contributed by atoms with E-state index in [1.807, 2.05) is 19.1 Å². The Balaban J connectivity index is 1.89. The highest BCUT2D eigenvalue weighted by Crippen LogP contribution is 2.34. The molecule has 140 valence electrons. The second-order valence-corrected chi connectivity index (χ2v) is 7.63. The van der Waals surface area contributed by atoms with E-state index in [0.717, 1.165) is 36.8 Å². The first-order valence-electron chi connectivity index (χ1n) is 8.91. The van der Waals surface area contributed by atoms with E-state index in [2.05, 4.69) is 41.4 Å². The summed E-state index contributed by atoms with van der Waals surface area (Å²) in [5.74, 6) is 1.93. The van der Waals surface area contributed by atoms with Crippen molar-refractivity contribution in [3.8, 4) is 5.88 Å². The van der Waals surface area contributed by atoms with Crippen molar-refractivity contribution in [2.24, 2.45) is 16.3 Å². The summed E-state index contributed by atoms with van der Waals surface area (Å²) >= 11 is 0. The number of hydrogen-bond donors (Lipinski definition) is 2. The molecule has 6 nitrogen and oxygen atoms in total. The van der Waals surface area contributed by atoms with Crippen LogP contribution < -0.4 is 15.4 Å². The third-order valence-corrected chi connectivity index (χ3v) is 4.54. The first-order valence-corrected chi connectivity index (χ1v) is 8.91. The van der Waals surface area contributed by atoms with Gasteiger partial charge in [-0.1, -0.05) is 26.8 Å². The Morgan fingerprint density at radius 2 is 2.12 bits per heavy atom. The summed E-state index contributed by atoms with van der Waals surface area (Å²) in [6.45, 7) is 11.0. The van der Waals surface area contributed by atoms with E-state index < -0.39 is 0 Å². The molecular weight excluding hydrogens is 316 g/mol. The van der Waals surface area contributed by atoms with E-state index in [4.69, 9.17) is 9.47 Å². The lowest BCUT2D eigenvalue weighted by Gasteiger charge is -2.31. The number of nitrogens with zero attached hydrogens (tertiary/aromatic N) is 2. The molecule has 0 saturated carbocycles. The predicted molar refractivity (Wildman–Crippen MR) is 101 cm³/mol. The van der Waals surface area contributed by atoms with Gasteiger partial charge in [0.2, 0.25) is 5.88 Å². The van der Waals surface area contributed by atoms with E-state index >= 15 is 0 Å². The molecule has 1 aromatic heterocycles. The molecule has 0 bridgehead atoms. The van der Waals surface area contributed by atoms with Crippen molar-refractivity contribution in [2.75, 3.05) is 27.3 Å². The van der Waals surface area contributed by atoms with Crippen LogP contribution in [0.25, 0.3) is 0 Å². The van der Waals surface area contributed by atoms with Crippen molar-refractivity contribution in [1.82, 2.24) is 15.6 Å². The number of guanidine groups is 1. The van der Waals surface area contributed by atoms with E-state index in [1.54, 1.807) is 14.2 Å². The normalized spacial score (nSPS) is 21.3. The molecule has 6 heteroatoms. The Hall–Kier alpha value is -1.82. The zero-order chi connectivity index (χ0) is 18.4. The fraction of sp³-hybridized carbons (Fsp3) is 0.684. The van der Waals surface area contributed by atoms with Crippen molar-refractivity contribution in [3.63, 3.8) is 0 Å². The summed E-state index contributed by atoms with van der Waals surface area (Å²) in [6, 6.07) is 4.02. The summed E-state index contributed by atoms with van der Waals surface area (Å²) < 4.78 is 11.3. The van der Waals surface area contributed by atoms with Crippen molar-refractivity contribution < 1.29 is 9.47 Å². The number of rotatable bonds is 5. The Labute approximate surface area is 151 Å². The predicted octanol–water partition coefficient (Wildman–Crippen LogP) is 2.51. The van der Waals surface area contributed by atoms with Gasteiger partial charge in [-0.15, -0.1) is 0 Å². The second kappa shape index (κ2) is 8.52. The number of aliphatic imine (C=N–C) groups is 1. The van der Waals surface area contributed by atoms with E-state index in [-0.39, 0.29) is 11.5 Å². The second-order valence-electron chi connectivity index (χ2n) is 7.63. The molecular formula is C19H32N4O2. The van der Waals surface area contributed by atoms with Gasteiger partial charge >= 0.3 is 0 Å². The molecule has 2 rings (SSSR count). The third-order valence-electron chi connectivity index (χ3n) is 4.54. The van der Waals surface area contributed by atoms with Gasteiger partial charge in [-0.2, -0.15) is 0 Å². The lowest BCUT2D eigenvalue weighted by atomic mass is 9.81. The minimum atomic E-state index is 0.154. The Bertz CT molecular complexity index is 596. The largest absolute Gasteiger partial charge is 0.481 e. The lowest BCUT2D eigenvalue weighted by molar-refractivity contribution is 0.00801. The fourth-order valence-corrected chi connectivity index (χ4v) is 3.30. The summed E-state index contributed by atoms with van der Waals surface area (Å²) in [7, 11) is 3.43. The number of ether oxygens (including phenoxy) is 2. The number of aryl methyl sites for hydroxylation is 1. The van der Waals surface area contributed by atoms with Crippen LogP contribution in [0, 0.1) is 18.3 Å². The van der Waals surface area contributed by atoms with Crippen LogP contribution in [-0.2, 0) is 11.3 Å². The topological polar surface area (TPSA) is 67.8 Å². The van der Waals surface area contributed by atoms with E-state index in [9.17, 15) is 0 Å². The quantitative estimate of drug-likeness (QED) is 0.632. The third kappa shape index (κ3) is 5.33. The highest BCUT2D eigenvalue weighted by molar-refractivity contribution is 5.79. The summed E-state index contributed by atoms with van der Waals surface area (Å²) in [5.41, 5.74) is 2.10. The summed E-state index contributed by atoms with van der Waals surface area (Å²) in [5, 5.41) is 6.77. The Morgan fingerprint density at radius 3 is 2.76 bits per heavy atom. The number of methoxy groups -OCH3 is 1. The zero-order valence-electron chi connectivity index (χ0n) is 16.3. The van der Waals surface area contributed by atoms with Gasteiger partial charge in [-0.3, -0.25) is 4.99 Å². The van der Waals surface area contributed by atoms with Gasteiger partial charge in [0.1, 0.15) is 0 Å². The van der Waals surface area contributed by atoms with Crippen LogP contribution in [-0.4, -0.2) is 44.4 Å². The molecule has 1 fully saturated rings. The average molecular weight is 348 g/mol. The molecule has 2 atom stereocenters. The smallest absolute Gasteiger partial charge is 0.218 e.